The van der Waals surface area contributed by atoms with Crippen LogP contribution in [0.2, 0.25) is 0 Å². The van der Waals surface area contributed by atoms with E-state index < -0.39 is 10.0 Å². The zero-order valence-electron chi connectivity index (χ0n) is 11.6. The summed E-state index contributed by atoms with van der Waals surface area (Å²) in [6, 6.07) is 3.34. The summed E-state index contributed by atoms with van der Waals surface area (Å²) in [5.74, 6) is 0.143. The Morgan fingerprint density at radius 1 is 1.15 bits per heavy atom. The number of Topliss-reactive ketones (excluding diaryl/α,β-unsaturated/α-hetero) is 1. The fourth-order valence-corrected chi connectivity index (χ4v) is 4.56. The standard InChI is InChI=1S/C14H18BrNO3S/c1-10-8-13(9-14(15)11(10)2)20(18,19)16-6-3-4-12(17)5-7-16/h8-9H,3-7H2,1-2H3. The van der Waals surface area contributed by atoms with Gasteiger partial charge in [0.05, 0.1) is 4.90 Å². The van der Waals surface area contributed by atoms with Gasteiger partial charge in [-0.1, -0.05) is 15.9 Å². The number of rotatable bonds is 2. The molecule has 1 aromatic carbocycles. The van der Waals surface area contributed by atoms with E-state index in [4.69, 9.17) is 0 Å². The van der Waals surface area contributed by atoms with E-state index in [9.17, 15) is 13.2 Å². The summed E-state index contributed by atoms with van der Waals surface area (Å²) in [5.41, 5.74) is 1.97. The molecule has 0 atom stereocenters. The van der Waals surface area contributed by atoms with Crippen LogP contribution >= 0.6 is 15.9 Å². The molecule has 1 fully saturated rings. The molecule has 4 nitrogen and oxygen atoms in total. The molecule has 1 aromatic rings. The predicted octanol–water partition coefficient (Wildman–Crippen LogP) is 2.81. The predicted molar refractivity (Wildman–Crippen MR) is 81.2 cm³/mol. The van der Waals surface area contributed by atoms with Crippen LogP contribution in [-0.4, -0.2) is 31.6 Å². The highest BCUT2D eigenvalue weighted by atomic mass is 79.9. The number of carbonyl (C=O) groups is 1. The molecule has 1 aliphatic rings. The minimum atomic E-state index is -3.52. The van der Waals surface area contributed by atoms with E-state index in [1.54, 1.807) is 12.1 Å². The van der Waals surface area contributed by atoms with Crippen molar-refractivity contribution in [2.24, 2.45) is 0 Å². The van der Waals surface area contributed by atoms with E-state index in [-0.39, 0.29) is 12.3 Å². The Bertz CT molecular complexity index is 617. The summed E-state index contributed by atoms with van der Waals surface area (Å²) < 4.78 is 27.5. The summed E-state index contributed by atoms with van der Waals surface area (Å²) in [4.78, 5) is 11.7. The molecule has 0 saturated carbocycles. The third kappa shape index (κ3) is 3.13. The van der Waals surface area contributed by atoms with Crippen LogP contribution in [-0.2, 0) is 14.8 Å². The number of ketones is 1. The Balaban J connectivity index is 2.37. The number of aryl methyl sites for hydroxylation is 1. The van der Waals surface area contributed by atoms with Crippen molar-refractivity contribution < 1.29 is 13.2 Å². The highest BCUT2D eigenvalue weighted by Crippen LogP contribution is 2.27. The van der Waals surface area contributed by atoms with Crippen LogP contribution < -0.4 is 0 Å². The largest absolute Gasteiger partial charge is 0.300 e. The molecule has 2 rings (SSSR count). The molecule has 0 aromatic heterocycles. The van der Waals surface area contributed by atoms with Gasteiger partial charge in [-0.3, -0.25) is 4.79 Å². The molecule has 0 spiro atoms. The van der Waals surface area contributed by atoms with Gasteiger partial charge in [0, 0.05) is 30.4 Å². The lowest BCUT2D eigenvalue weighted by atomic mass is 10.1. The normalized spacial score (nSPS) is 18.1. The number of nitrogens with zero attached hydrogens (tertiary/aromatic N) is 1. The third-order valence-corrected chi connectivity index (χ3v) is 6.42. The van der Waals surface area contributed by atoms with E-state index in [2.05, 4.69) is 15.9 Å². The van der Waals surface area contributed by atoms with Gasteiger partial charge >= 0.3 is 0 Å². The topological polar surface area (TPSA) is 54.5 Å². The van der Waals surface area contributed by atoms with Gasteiger partial charge in [-0.2, -0.15) is 4.31 Å². The lowest BCUT2D eigenvalue weighted by Gasteiger charge is -2.20. The van der Waals surface area contributed by atoms with Crippen molar-refractivity contribution >= 4 is 31.7 Å². The first-order valence-electron chi connectivity index (χ1n) is 6.61. The van der Waals surface area contributed by atoms with Crippen LogP contribution in [0.1, 0.15) is 30.4 Å². The molecule has 0 N–H and O–H groups in total. The van der Waals surface area contributed by atoms with Gasteiger partial charge in [0.2, 0.25) is 10.0 Å². The van der Waals surface area contributed by atoms with Crippen molar-refractivity contribution in [1.29, 1.82) is 0 Å². The SMILES string of the molecule is Cc1cc(S(=O)(=O)N2CCCC(=O)CC2)cc(Br)c1C. The monoisotopic (exact) mass is 359 g/mol. The van der Waals surface area contributed by atoms with Crippen molar-refractivity contribution in [3.63, 3.8) is 0 Å². The smallest absolute Gasteiger partial charge is 0.243 e. The van der Waals surface area contributed by atoms with Crippen molar-refractivity contribution in [3.8, 4) is 0 Å². The first-order chi connectivity index (χ1) is 9.32. The van der Waals surface area contributed by atoms with Crippen LogP contribution in [0.3, 0.4) is 0 Å². The maximum Gasteiger partial charge on any atom is 0.243 e. The summed E-state index contributed by atoms with van der Waals surface area (Å²) >= 11 is 3.40. The van der Waals surface area contributed by atoms with Crippen molar-refractivity contribution in [3.05, 3.63) is 27.7 Å². The molecule has 0 unspecified atom stereocenters. The number of sulfonamides is 1. The Morgan fingerprint density at radius 3 is 2.50 bits per heavy atom. The Morgan fingerprint density at radius 2 is 1.85 bits per heavy atom. The minimum absolute atomic E-state index is 0.143. The van der Waals surface area contributed by atoms with Crippen LogP contribution in [0.15, 0.2) is 21.5 Å². The van der Waals surface area contributed by atoms with Gasteiger partial charge in [-0.15, -0.1) is 0 Å². The molecule has 0 aliphatic carbocycles. The van der Waals surface area contributed by atoms with Gasteiger partial charge in [-0.25, -0.2) is 8.42 Å². The molecule has 0 radical (unpaired) electrons. The van der Waals surface area contributed by atoms with E-state index in [0.717, 1.165) is 15.6 Å². The van der Waals surface area contributed by atoms with E-state index >= 15 is 0 Å². The first-order valence-corrected chi connectivity index (χ1v) is 8.84. The van der Waals surface area contributed by atoms with Gasteiger partial charge in [0.25, 0.3) is 0 Å². The molecule has 1 heterocycles. The quantitative estimate of drug-likeness (QED) is 0.815. The lowest BCUT2D eigenvalue weighted by molar-refractivity contribution is -0.118. The molecule has 20 heavy (non-hydrogen) atoms. The van der Waals surface area contributed by atoms with Crippen LogP contribution in [0.5, 0.6) is 0 Å². The Labute approximate surface area is 128 Å². The van der Waals surface area contributed by atoms with Crippen LogP contribution in [0.4, 0.5) is 0 Å². The third-order valence-electron chi connectivity index (χ3n) is 3.72. The number of hydrogen-bond donors (Lipinski definition) is 0. The fraction of sp³-hybridized carbons (Fsp3) is 0.500. The molecule has 6 heteroatoms. The molecule has 0 bridgehead atoms. The van der Waals surface area contributed by atoms with E-state index in [1.165, 1.54) is 4.31 Å². The summed E-state index contributed by atoms with van der Waals surface area (Å²) in [7, 11) is -3.52. The Hall–Kier alpha value is -0.720. The average molecular weight is 360 g/mol. The maximum atomic E-state index is 12.7. The van der Waals surface area contributed by atoms with Crippen LogP contribution in [0, 0.1) is 13.8 Å². The number of hydrogen-bond acceptors (Lipinski definition) is 3. The second-order valence-electron chi connectivity index (χ2n) is 5.14. The molecule has 1 saturated heterocycles. The van der Waals surface area contributed by atoms with E-state index in [0.29, 0.717) is 30.7 Å². The second-order valence-corrected chi connectivity index (χ2v) is 7.94. The lowest BCUT2D eigenvalue weighted by Crippen LogP contribution is -2.32. The van der Waals surface area contributed by atoms with Gasteiger partial charge in [0.15, 0.2) is 0 Å². The molecule has 0 amide bonds. The van der Waals surface area contributed by atoms with Crippen molar-refractivity contribution in [1.82, 2.24) is 4.31 Å². The molecule has 1 aliphatic heterocycles. The average Bonchev–Trinajstić information content (AvgIpc) is 2.60. The molecule has 110 valence electrons. The highest BCUT2D eigenvalue weighted by molar-refractivity contribution is 9.10. The van der Waals surface area contributed by atoms with Crippen LogP contribution in [0.25, 0.3) is 0 Å². The minimum Gasteiger partial charge on any atom is -0.300 e. The Kier molecular flexibility index (Phi) is 4.66. The van der Waals surface area contributed by atoms with Gasteiger partial charge in [-0.05, 0) is 43.5 Å². The number of halogens is 1. The van der Waals surface area contributed by atoms with E-state index in [1.807, 2.05) is 13.8 Å². The second kappa shape index (κ2) is 5.95. The summed E-state index contributed by atoms with van der Waals surface area (Å²) in [6.45, 7) is 4.54. The summed E-state index contributed by atoms with van der Waals surface area (Å²) in [5, 5.41) is 0. The van der Waals surface area contributed by atoms with Crippen molar-refractivity contribution in [2.75, 3.05) is 13.1 Å². The van der Waals surface area contributed by atoms with Gasteiger partial charge < -0.3 is 0 Å². The first kappa shape index (κ1) is 15.7. The fourth-order valence-electron chi connectivity index (χ4n) is 2.26. The number of benzene rings is 1. The molecular formula is C14H18BrNO3S. The number of carbonyl (C=O) groups excluding carboxylic acids is 1. The summed E-state index contributed by atoms with van der Waals surface area (Å²) in [6.07, 6.45) is 1.39. The zero-order chi connectivity index (χ0) is 14.9. The van der Waals surface area contributed by atoms with Crippen molar-refractivity contribution in [2.45, 2.75) is 38.0 Å². The highest BCUT2D eigenvalue weighted by Gasteiger charge is 2.27. The maximum absolute atomic E-state index is 12.7. The zero-order valence-corrected chi connectivity index (χ0v) is 14.1. The molecular weight excluding hydrogens is 342 g/mol. The van der Waals surface area contributed by atoms with Gasteiger partial charge in [0.1, 0.15) is 5.78 Å².